The van der Waals surface area contributed by atoms with E-state index in [0.29, 0.717) is 37.7 Å². The minimum atomic E-state index is -0.135. The van der Waals surface area contributed by atoms with Gasteiger partial charge in [0.15, 0.2) is 25.1 Å². The molecule has 0 aromatic heterocycles. The van der Waals surface area contributed by atoms with E-state index in [1.54, 1.807) is 26.4 Å². The lowest BCUT2D eigenvalue weighted by Crippen LogP contribution is -2.46. The van der Waals surface area contributed by atoms with Crippen LogP contribution in [0.2, 0.25) is 0 Å². The van der Waals surface area contributed by atoms with E-state index < -0.39 is 0 Å². The smallest absolute Gasteiger partial charge is 0.189 e. The third-order valence-corrected chi connectivity index (χ3v) is 7.75. The number of hydrogen-bond donors (Lipinski definition) is 1. The zero-order valence-corrected chi connectivity index (χ0v) is 26.0. The molecule has 2 aromatic rings. The van der Waals surface area contributed by atoms with Crippen LogP contribution in [0.5, 0.6) is 23.0 Å². The molecule has 2 heterocycles. The topological polar surface area (TPSA) is 106 Å². The number of nitriles is 1. The van der Waals surface area contributed by atoms with Crippen LogP contribution in [0.3, 0.4) is 0 Å². The first kappa shape index (κ1) is 35.9. The van der Waals surface area contributed by atoms with Crippen molar-refractivity contribution in [3.63, 3.8) is 0 Å². The van der Waals surface area contributed by atoms with Crippen molar-refractivity contribution in [2.45, 2.75) is 59.7 Å². The maximum Gasteiger partial charge on any atom is 0.189 e. The van der Waals surface area contributed by atoms with Gasteiger partial charge < -0.3 is 38.4 Å². The van der Waals surface area contributed by atoms with Crippen molar-refractivity contribution in [1.82, 2.24) is 9.80 Å². The third kappa shape index (κ3) is 7.80. The van der Waals surface area contributed by atoms with Crippen LogP contribution >= 0.6 is 0 Å². The molecule has 0 amide bonds. The highest BCUT2D eigenvalue weighted by molar-refractivity contribution is 5.60. The van der Waals surface area contributed by atoms with Gasteiger partial charge in [-0.25, -0.2) is 0 Å². The summed E-state index contributed by atoms with van der Waals surface area (Å²) in [5.41, 5.74) is 6.29. The van der Waals surface area contributed by atoms with Crippen molar-refractivity contribution in [2.24, 2.45) is 0 Å². The fourth-order valence-corrected chi connectivity index (χ4v) is 5.90. The summed E-state index contributed by atoms with van der Waals surface area (Å²) in [6, 6.07) is 5.54. The van der Waals surface area contributed by atoms with Gasteiger partial charge in [0.1, 0.15) is 18.1 Å². The molecule has 2 aliphatic heterocycles. The van der Waals surface area contributed by atoms with Gasteiger partial charge in [0, 0.05) is 48.9 Å². The molecule has 2 aromatic carbocycles. The zero-order chi connectivity index (χ0) is 30.8. The Labute approximate surface area is 257 Å². The van der Waals surface area contributed by atoms with E-state index in [1.807, 2.05) is 6.07 Å². The maximum absolute atomic E-state index is 10.6. The summed E-state index contributed by atoms with van der Waals surface area (Å²) in [5.74, 6) is 3.00. The van der Waals surface area contributed by atoms with E-state index in [0.717, 1.165) is 51.3 Å². The largest absolute Gasteiger partial charge is 0.493 e. The molecule has 0 fully saturated rings. The molecule has 10 nitrogen and oxygen atoms in total. The minimum Gasteiger partial charge on any atom is -0.493 e. The molecule has 0 radical (unpaired) electrons. The number of hydrogen-bond acceptors (Lipinski definition) is 10. The number of nitrogens with zero attached hydrogens (tertiary/aromatic N) is 3. The predicted octanol–water partition coefficient (Wildman–Crippen LogP) is 4.91. The van der Waals surface area contributed by atoms with E-state index in [4.69, 9.17) is 33.7 Å². The second-order valence-corrected chi connectivity index (χ2v) is 10.4. The van der Waals surface area contributed by atoms with E-state index in [-0.39, 0.29) is 39.8 Å². The molecule has 2 atom stereocenters. The average molecular weight is 600 g/mol. The Bertz CT molecular complexity index is 1260. The number of methoxy groups -OCH3 is 2. The highest BCUT2D eigenvalue weighted by Crippen LogP contribution is 2.46. The van der Waals surface area contributed by atoms with Crippen molar-refractivity contribution in [3.8, 4) is 29.1 Å². The first-order valence-electron chi connectivity index (χ1n) is 14.0. The highest BCUT2D eigenvalue weighted by atomic mass is 16.7. The molecule has 2 aliphatic rings. The van der Waals surface area contributed by atoms with Crippen molar-refractivity contribution < 1.29 is 33.5 Å². The summed E-state index contributed by atoms with van der Waals surface area (Å²) in [7, 11) is 7.37. The number of fused-ring (bicyclic) bond motifs is 2. The second-order valence-electron chi connectivity index (χ2n) is 10.4. The molecule has 43 heavy (non-hydrogen) atoms. The molecule has 0 saturated carbocycles. The zero-order valence-electron chi connectivity index (χ0n) is 26.0. The second kappa shape index (κ2) is 17.1. The molecule has 1 N–H and O–H groups in total. The summed E-state index contributed by atoms with van der Waals surface area (Å²) in [6.07, 6.45) is 3.12. The van der Waals surface area contributed by atoms with Crippen LogP contribution in [0, 0.1) is 25.2 Å². The molecule has 4 rings (SSSR count). The SMILES string of the molecule is C.C=CCOc1c(C)c2c(c(C)c1CC1[C@H](N(C)C)c3c(ccc(OC)c3OCOC)CCN1CO)OCOC2.CC#N. The van der Waals surface area contributed by atoms with Crippen LogP contribution in [0.15, 0.2) is 24.8 Å². The quantitative estimate of drug-likeness (QED) is 0.283. The number of aliphatic hydroxyl groups is 1. The van der Waals surface area contributed by atoms with E-state index in [1.165, 1.54) is 6.92 Å². The third-order valence-electron chi connectivity index (χ3n) is 7.75. The number of aliphatic hydroxyl groups excluding tert-OH is 1. The van der Waals surface area contributed by atoms with E-state index in [9.17, 15) is 5.11 Å². The van der Waals surface area contributed by atoms with Gasteiger partial charge in [0.2, 0.25) is 0 Å². The lowest BCUT2D eigenvalue weighted by molar-refractivity contribution is -0.0175. The Morgan fingerprint density at radius 3 is 2.51 bits per heavy atom. The van der Waals surface area contributed by atoms with Crippen LogP contribution in [0.25, 0.3) is 0 Å². The number of rotatable bonds is 11. The lowest BCUT2D eigenvalue weighted by Gasteiger charge is -2.39. The Morgan fingerprint density at radius 2 is 1.91 bits per heavy atom. The summed E-state index contributed by atoms with van der Waals surface area (Å²) in [4.78, 5) is 4.32. The molecule has 0 aliphatic carbocycles. The van der Waals surface area contributed by atoms with Crippen molar-refractivity contribution in [2.75, 3.05) is 61.8 Å². The first-order chi connectivity index (χ1) is 20.3. The van der Waals surface area contributed by atoms with E-state index in [2.05, 4.69) is 50.4 Å². The Kier molecular flexibility index (Phi) is 14.3. The molecule has 0 saturated heterocycles. The summed E-state index contributed by atoms with van der Waals surface area (Å²) < 4.78 is 35.1. The monoisotopic (exact) mass is 599 g/mol. The van der Waals surface area contributed by atoms with Crippen LogP contribution in [-0.4, -0.2) is 82.7 Å². The average Bonchev–Trinajstić information content (AvgIpc) is 3.15. The van der Waals surface area contributed by atoms with Gasteiger partial charge >= 0.3 is 0 Å². The van der Waals surface area contributed by atoms with E-state index >= 15 is 0 Å². The Hall–Kier alpha value is -3.33. The van der Waals surface area contributed by atoms with Crippen LogP contribution in [0.4, 0.5) is 0 Å². The molecule has 238 valence electrons. The van der Waals surface area contributed by atoms with Gasteiger partial charge in [-0.1, -0.05) is 26.1 Å². The van der Waals surface area contributed by atoms with Crippen LogP contribution < -0.4 is 18.9 Å². The standard InChI is InChI=1S/C30H42N2O7.C2H3N.CH4/c1-8-13-37-28-20(3)23-15-36-18-39-29(23)19(2)22(28)14-24-27(31(4)5)26-21(11-12-32(24)16-33)9-10-25(35-7)30(26)38-17-34-6;1-2-3;/h8-10,24,27,33H,1,11-18H2,2-7H3;1H3;1H4/t24?,27-;;/m0../s1. The molecule has 10 heteroatoms. The molecular formula is C33H49N3O7. The summed E-state index contributed by atoms with van der Waals surface area (Å²) in [5, 5.41) is 17.9. The highest BCUT2D eigenvalue weighted by Gasteiger charge is 2.39. The van der Waals surface area contributed by atoms with Gasteiger partial charge in [-0.2, -0.15) is 5.26 Å². The van der Waals surface area contributed by atoms with Crippen molar-refractivity contribution in [3.05, 3.63) is 58.2 Å². The minimum absolute atomic E-state index is 0. The van der Waals surface area contributed by atoms with Crippen LogP contribution in [0.1, 0.15) is 53.8 Å². The first-order valence-corrected chi connectivity index (χ1v) is 14.0. The van der Waals surface area contributed by atoms with Gasteiger partial charge in [-0.05, 0) is 58.0 Å². The molecule has 0 spiro atoms. The fourth-order valence-electron chi connectivity index (χ4n) is 5.90. The van der Waals surface area contributed by atoms with Gasteiger partial charge in [0.05, 0.1) is 32.6 Å². The molecule has 1 unspecified atom stereocenters. The number of ether oxygens (including phenoxy) is 6. The van der Waals surface area contributed by atoms with Crippen LogP contribution in [-0.2, 0) is 28.9 Å². The summed E-state index contributed by atoms with van der Waals surface area (Å²) in [6.45, 7) is 11.2. The normalized spacial score (nSPS) is 17.5. The lowest BCUT2D eigenvalue weighted by atomic mass is 9.86. The van der Waals surface area contributed by atoms with Gasteiger partial charge in [0.25, 0.3) is 0 Å². The number of likely N-dealkylation sites (N-methyl/N-ethyl adjacent to an activating group) is 1. The van der Waals surface area contributed by atoms with Crippen molar-refractivity contribution >= 4 is 0 Å². The van der Waals surface area contributed by atoms with Gasteiger partial charge in [-0.3, -0.25) is 4.90 Å². The van der Waals surface area contributed by atoms with Crippen molar-refractivity contribution in [1.29, 1.82) is 5.26 Å². The Morgan fingerprint density at radius 1 is 1.19 bits per heavy atom. The fraction of sp³-hybridized carbons (Fsp3) is 0.545. The maximum atomic E-state index is 10.6. The van der Waals surface area contributed by atoms with Gasteiger partial charge in [-0.15, -0.1) is 0 Å². The number of benzene rings is 2. The molecular weight excluding hydrogens is 550 g/mol. The predicted molar refractivity (Wildman–Crippen MR) is 167 cm³/mol. The molecule has 0 bridgehead atoms. The Balaban J connectivity index is 0.00000155. The summed E-state index contributed by atoms with van der Waals surface area (Å²) >= 11 is 0.